The molecule has 0 spiro atoms. The Morgan fingerprint density at radius 3 is 3.08 bits per heavy atom. The van der Waals surface area contributed by atoms with Gasteiger partial charge in [-0.15, -0.1) is 0 Å². The van der Waals surface area contributed by atoms with Gasteiger partial charge >= 0.3 is 0 Å². The van der Waals surface area contributed by atoms with E-state index in [0.29, 0.717) is 6.04 Å². The lowest BCUT2D eigenvalue weighted by Crippen LogP contribution is -2.31. The molecule has 2 unspecified atom stereocenters. The molecule has 1 aliphatic rings. The lowest BCUT2D eigenvalue weighted by Gasteiger charge is -2.23. The first-order valence-corrected chi connectivity index (χ1v) is 5.35. The second-order valence-corrected chi connectivity index (χ2v) is 3.99. The standard InChI is InChI=1S/C10H18ClNO/c1-9(13)8-10-4-2-6-12(10)7-3-5-11/h3,5,9-10,13H,2,4,6-8H2,1H3/b5-3+. The van der Waals surface area contributed by atoms with E-state index in [1.54, 1.807) is 5.54 Å². The molecule has 2 atom stereocenters. The van der Waals surface area contributed by atoms with Gasteiger partial charge in [0.15, 0.2) is 0 Å². The molecule has 1 rings (SSSR count). The van der Waals surface area contributed by atoms with Crippen molar-refractivity contribution in [2.24, 2.45) is 0 Å². The molecule has 3 heteroatoms. The van der Waals surface area contributed by atoms with Crippen molar-refractivity contribution in [2.75, 3.05) is 13.1 Å². The smallest absolute Gasteiger partial charge is 0.0527 e. The summed E-state index contributed by atoms with van der Waals surface area (Å²) in [7, 11) is 0. The summed E-state index contributed by atoms with van der Waals surface area (Å²) in [5, 5.41) is 9.29. The van der Waals surface area contributed by atoms with Crippen molar-refractivity contribution in [1.29, 1.82) is 0 Å². The maximum absolute atomic E-state index is 9.29. The molecule has 1 N–H and O–H groups in total. The highest BCUT2D eigenvalue weighted by Crippen LogP contribution is 2.20. The van der Waals surface area contributed by atoms with Crippen molar-refractivity contribution in [3.8, 4) is 0 Å². The third-order valence-corrected chi connectivity index (χ3v) is 2.72. The SMILES string of the molecule is CC(O)CC1CCCN1C/C=C/Cl. The van der Waals surface area contributed by atoms with Crippen molar-refractivity contribution >= 4 is 11.6 Å². The number of aliphatic hydroxyl groups is 1. The molecule has 0 aromatic heterocycles. The van der Waals surface area contributed by atoms with Crippen molar-refractivity contribution < 1.29 is 5.11 Å². The molecule has 1 heterocycles. The van der Waals surface area contributed by atoms with Crippen molar-refractivity contribution in [3.05, 3.63) is 11.6 Å². The minimum Gasteiger partial charge on any atom is -0.393 e. The summed E-state index contributed by atoms with van der Waals surface area (Å²) in [6.07, 6.45) is 5.11. The summed E-state index contributed by atoms with van der Waals surface area (Å²) >= 11 is 5.48. The molecule has 0 amide bonds. The zero-order valence-electron chi connectivity index (χ0n) is 8.12. The molecule has 1 saturated heterocycles. The van der Waals surface area contributed by atoms with Crippen LogP contribution in [-0.2, 0) is 0 Å². The Balaban J connectivity index is 2.34. The first kappa shape index (κ1) is 11.0. The Bertz CT molecular complexity index is 170. The second kappa shape index (κ2) is 5.63. The lowest BCUT2D eigenvalue weighted by molar-refractivity contribution is 0.139. The average molecular weight is 204 g/mol. The van der Waals surface area contributed by atoms with Crippen LogP contribution in [0.1, 0.15) is 26.2 Å². The van der Waals surface area contributed by atoms with Gasteiger partial charge in [0.25, 0.3) is 0 Å². The molecular weight excluding hydrogens is 186 g/mol. The highest BCUT2D eigenvalue weighted by Gasteiger charge is 2.24. The van der Waals surface area contributed by atoms with Gasteiger partial charge in [0.1, 0.15) is 0 Å². The second-order valence-electron chi connectivity index (χ2n) is 3.74. The molecule has 76 valence electrons. The number of likely N-dealkylation sites (tertiary alicyclic amines) is 1. The van der Waals surface area contributed by atoms with Crippen LogP contribution in [0.2, 0.25) is 0 Å². The van der Waals surface area contributed by atoms with E-state index in [1.165, 1.54) is 12.8 Å². The molecule has 1 aliphatic heterocycles. The predicted octanol–water partition coefficient (Wildman–Crippen LogP) is 1.97. The molecule has 0 aromatic rings. The number of hydrogen-bond donors (Lipinski definition) is 1. The van der Waals surface area contributed by atoms with E-state index in [9.17, 15) is 5.11 Å². The highest BCUT2D eigenvalue weighted by molar-refractivity contribution is 6.25. The Kier molecular flexibility index (Phi) is 4.78. The zero-order chi connectivity index (χ0) is 9.68. The van der Waals surface area contributed by atoms with Crippen LogP contribution in [0.25, 0.3) is 0 Å². The van der Waals surface area contributed by atoms with Crippen LogP contribution < -0.4 is 0 Å². The summed E-state index contributed by atoms with van der Waals surface area (Å²) < 4.78 is 0. The van der Waals surface area contributed by atoms with E-state index in [2.05, 4.69) is 4.90 Å². The van der Waals surface area contributed by atoms with Crippen LogP contribution in [-0.4, -0.2) is 35.2 Å². The zero-order valence-corrected chi connectivity index (χ0v) is 8.87. The number of aliphatic hydroxyl groups excluding tert-OH is 1. The fraction of sp³-hybridized carbons (Fsp3) is 0.800. The Morgan fingerprint density at radius 1 is 1.69 bits per heavy atom. The summed E-state index contributed by atoms with van der Waals surface area (Å²) in [4.78, 5) is 2.38. The first-order chi connectivity index (χ1) is 6.24. The molecule has 0 aromatic carbocycles. The van der Waals surface area contributed by atoms with Crippen LogP contribution in [0.4, 0.5) is 0 Å². The molecular formula is C10H18ClNO. The minimum absolute atomic E-state index is 0.189. The molecule has 0 aliphatic carbocycles. The first-order valence-electron chi connectivity index (χ1n) is 4.91. The lowest BCUT2D eigenvalue weighted by atomic mass is 10.1. The fourth-order valence-corrected chi connectivity index (χ4v) is 2.05. The van der Waals surface area contributed by atoms with Gasteiger partial charge in [0, 0.05) is 18.1 Å². The van der Waals surface area contributed by atoms with Gasteiger partial charge in [-0.2, -0.15) is 0 Å². The fourth-order valence-electron chi connectivity index (χ4n) is 1.97. The van der Waals surface area contributed by atoms with E-state index in [0.717, 1.165) is 19.5 Å². The average Bonchev–Trinajstić information content (AvgIpc) is 2.48. The van der Waals surface area contributed by atoms with Crippen LogP contribution in [0.3, 0.4) is 0 Å². The normalized spacial score (nSPS) is 27.2. The van der Waals surface area contributed by atoms with Crippen LogP contribution in [0, 0.1) is 0 Å². The van der Waals surface area contributed by atoms with Gasteiger partial charge in [-0.1, -0.05) is 17.7 Å². The molecule has 0 saturated carbocycles. The molecule has 13 heavy (non-hydrogen) atoms. The van der Waals surface area contributed by atoms with Gasteiger partial charge in [-0.3, -0.25) is 4.90 Å². The van der Waals surface area contributed by atoms with Crippen molar-refractivity contribution in [1.82, 2.24) is 4.90 Å². The monoisotopic (exact) mass is 203 g/mol. The van der Waals surface area contributed by atoms with Crippen LogP contribution >= 0.6 is 11.6 Å². The number of nitrogens with zero attached hydrogens (tertiary/aromatic N) is 1. The van der Waals surface area contributed by atoms with Gasteiger partial charge in [0.2, 0.25) is 0 Å². The van der Waals surface area contributed by atoms with E-state index >= 15 is 0 Å². The topological polar surface area (TPSA) is 23.5 Å². The van der Waals surface area contributed by atoms with E-state index in [1.807, 2.05) is 13.0 Å². The predicted molar refractivity (Wildman–Crippen MR) is 55.9 cm³/mol. The van der Waals surface area contributed by atoms with E-state index in [-0.39, 0.29) is 6.10 Å². The maximum atomic E-state index is 9.29. The van der Waals surface area contributed by atoms with Gasteiger partial charge in [0.05, 0.1) is 6.10 Å². The minimum atomic E-state index is -0.189. The third kappa shape index (κ3) is 3.67. The summed E-state index contributed by atoms with van der Waals surface area (Å²) in [5.74, 6) is 0. The Hall–Kier alpha value is -0.0500. The molecule has 0 bridgehead atoms. The van der Waals surface area contributed by atoms with E-state index in [4.69, 9.17) is 11.6 Å². The number of halogens is 1. The van der Waals surface area contributed by atoms with Gasteiger partial charge in [-0.25, -0.2) is 0 Å². The molecule has 1 fully saturated rings. The quantitative estimate of drug-likeness (QED) is 0.756. The van der Waals surface area contributed by atoms with Crippen molar-refractivity contribution in [2.45, 2.75) is 38.3 Å². The third-order valence-electron chi connectivity index (χ3n) is 2.54. The summed E-state index contributed by atoms with van der Waals surface area (Å²) in [6, 6.07) is 0.549. The van der Waals surface area contributed by atoms with Gasteiger partial charge < -0.3 is 5.11 Å². The maximum Gasteiger partial charge on any atom is 0.0527 e. The van der Waals surface area contributed by atoms with Crippen molar-refractivity contribution in [3.63, 3.8) is 0 Å². The molecule has 2 nitrogen and oxygen atoms in total. The summed E-state index contributed by atoms with van der Waals surface area (Å²) in [5.41, 5.74) is 1.57. The number of rotatable bonds is 4. The van der Waals surface area contributed by atoms with Crippen LogP contribution in [0.15, 0.2) is 11.6 Å². The summed E-state index contributed by atoms with van der Waals surface area (Å²) in [6.45, 7) is 3.91. The Labute approximate surface area is 85.2 Å². The number of hydrogen-bond acceptors (Lipinski definition) is 2. The van der Waals surface area contributed by atoms with E-state index < -0.39 is 0 Å². The van der Waals surface area contributed by atoms with Gasteiger partial charge in [-0.05, 0) is 32.7 Å². The Morgan fingerprint density at radius 2 is 2.46 bits per heavy atom. The largest absolute Gasteiger partial charge is 0.393 e. The molecule has 0 radical (unpaired) electrons. The van der Waals surface area contributed by atoms with Crippen LogP contribution in [0.5, 0.6) is 0 Å². The highest BCUT2D eigenvalue weighted by atomic mass is 35.5.